The van der Waals surface area contributed by atoms with E-state index in [0.717, 1.165) is 0 Å². The first-order valence-electron chi connectivity index (χ1n) is 7.35. The highest BCUT2D eigenvalue weighted by Crippen LogP contribution is 2.22. The Labute approximate surface area is 130 Å². The van der Waals surface area contributed by atoms with Crippen LogP contribution >= 0.6 is 0 Å². The second-order valence-corrected chi connectivity index (χ2v) is 5.53. The highest BCUT2D eigenvalue weighted by Gasteiger charge is 2.34. The summed E-state index contributed by atoms with van der Waals surface area (Å²) in [5.74, 6) is -0.439. The molecule has 0 saturated heterocycles. The molecule has 2 amide bonds. The van der Waals surface area contributed by atoms with Gasteiger partial charge in [0.1, 0.15) is 0 Å². The van der Waals surface area contributed by atoms with Crippen LogP contribution in [-0.2, 0) is 4.74 Å². The maximum absolute atomic E-state index is 12.2. The zero-order chi connectivity index (χ0) is 16.1. The van der Waals surface area contributed by atoms with Crippen molar-refractivity contribution in [3.05, 3.63) is 35.4 Å². The number of aliphatic hydroxyl groups is 1. The lowest BCUT2D eigenvalue weighted by atomic mass is 10.1. The summed E-state index contributed by atoms with van der Waals surface area (Å²) in [7, 11) is 3.44. The van der Waals surface area contributed by atoms with Crippen LogP contribution in [0.4, 0.5) is 0 Å². The number of carbonyl (C=O) groups excluding carboxylic acids is 2. The average Bonchev–Trinajstić information content (AvgIpc) is 2.73. The van der Waals surface area contributed by atoms with Crippen molar-refractivity contribution in [2.24, 2.45) is 0 Å². The van der Waals surface area contributed by atoms with E-state index >= 15 is 0 Å². The van der Waals surface area contributed by atoms with Crippen LogP contribution < -0.4 is 0 Å². The molecule has 1 heterocycles. The van der Waals surface area contributed by atoms with Crippen LogP contribution in [0, 0.1) is 0 Å². The summed E-state index contributed by atoms with van der Waals surface area (Å²) < 4.78 is 4.88. The number of amides is 2. The zero-order valence-electron chi connectivity index (χ0n) is 13.0. The Morgan fingerprint density at radius 2 is 1.82 bits per heavy atom. The van der Waals surface area contributed by atoms with Crippen molar-refractivity contribution < 1.29 is 19.4 Å². The Morgan fingerprint density at radius 3 is 2.36 bits per heavy atom. The molecule has 1 aliphatic heterocycles. The van der Waals surface area contributed by atoms with Gasteiger partial charge in [-0.2, -0.15) is 0 Å². The number of hydrogen-bond donors (Lipinski definition) is 1. The molecule has 1 unspecified atom stereocenters. The van der Waals surface area contributed by atoms with Gasteiger partial charge in [0.25, 0.3) is 11.8 Å². The molecule has 6 heteroatoms. The largest absolute Gasteiger partial charge is 0.389 e. The Balaban J connectivity index is 1.81. The SMILES string of the molecule is COCC(O)CN(C)CCCN1C(=O)c2ccccc2C1=O. The molecule has 1 aliphatic rings. The van der Waals surface area contributed by atoms with Crippen molar-refractivity contribution in [3.63, 3.8) is 0 Å². The van der Waals surface area contributed by atoms with Gasteiger partial charge in [-0.05, 0) is 32.1 Å². The van der Waals surface area contributed by atoms with Gasteiger partial charge in [-0.15, -0.1) is 0 Å². The van der Waals surface area contributed by atoms with Crippen molar-refractivity contribution in [1.29, 1.82) is 0 Å². The third-order valence-electron chi connectivity index (χ3n) is 3.68. The maximum atomic E-state index is 12.2. The van der Waals surface area contributed by atoms with E-state index in [1.54, 1.807) is 31.4 Å². The lowest BCUT2D eigenvalue weighted by molar-refractivity contribution is 0.0421. The fraction of sp³-hybridized carbons (Fsp3) is 0.500. The molecule has 22 heavy (non-hydrogen) atoms. The van der Waals surface area contributed by atoms with Crippen LogP contribution in [0.1, 0.15) is 27.1 Å². The van der Waals surface area contributed by atoms with Crippen molar-refractivity contribution in [3.8, 4) is 0 Å². The molecule has 2 rings (SSSR count). The van der Waals surface area contributed by atoms with Crippen LogP contribution in [0.15, 0.2) is 24.3 Å². The van der Waals surface area contributed by atoms with Gasteiger partial charge in [0, 0.05) is 20.2 Å². The summed E-state index contributed by atoms with van der Waals surface area (Å²) in [6.45, 7) is 1.87. The van der Waals surface area contributed by atoms with E-state index in [9.17, 15) is 14.7 Å². The van der Waals surface area contributed by atoms with E-state index < -0.39 is 6.10 Å². The number of rotatable bonds is 8. The van der Waals surface area contributed by atoms with Gasteiger partial charge in [-0.3, -0.25) is 14.5 Å². The topological polar surface area (TPSA) is 70.1 Å². The van der Waals surface area contributed by atoms with Gasteiger partial charge in [0.2, 0.25) is 0 Å². The number of hydrogen-bond acceptors (Lipinski definition) is 5. The van der Waals surface area contributed by atoms with Gasteiger partial charge in [-0.25, -0.2) is 0 Å². The molecule has 1 atom stereocenters. The first-order valence-corrected chi connectivity index (χ1v) is 7.35. The summed E-state index contributed by atoms with van der Waals surface area (Å²) >= 11 is 0. The highest BCUT2D eigenvalue weighted by atomic mass is 16.5. The van der Waals surface area contributed by atoms with Crippen molar-refractivity contribution in [2.45, 2.75) is 12.5 Å². The second-order valence-electron chi connectivity index (χ2n) is 5.53. The molecular formula is C16H22N2O4. The summed E-state index contributed by atoms with van der Waals surface area (Å²) in [4.78, 5) is 27.6. The quantitative estimate of drug-likeness (QED) is 0.713. The number of fused-ring (bicyclic) bond motifs is 1. The average molecular weight is 306 g/mol. The number of ether oxygens (including phenoxy) is 1. The molecule has 0 bridgehead atoms. The maximum Gasteiger partial charge on any atom is 0.261 e. The number of imide groups is 1. The van der Waals surface area contributed by atoms with Gasteiger partial charge in [0.05, 0.1) is 23.8 Å². The third-order valence-corrected chi connectivity index (χ3v) is 3.68. The number of nitrogens with zero attached hydrogens (tertiary/aromatic N) is 2. The smallest absolute Gasteiger partial charge is 0.261 e. The third kappa shape index (κ3) is 3.71. The van der Waals surface area contributed by atoms with Crippen molar-refractivity contribution in [1.82, 2.24) is 9.80 Å². The zero-order valence-corrected chi connectivity index (χ0v) is 13.0. The molecule has 1 N–H and O–H groups in total. The summed E-state index contributed by atoms with van der Waals surface area (Å²) in [5.41, 5.74) is 0.966. The van der Waals surface area contributed by atoms with E-state index in [0.29, 0.717) is 43.8 Å². The minimum absolute atomic E-state index is 0.220. The molecule has 1 aromatic rings. The van der Waals surface area contributed by atoms with Crippen molar-refractivity contribution >= 4 is 11.8 Å². The molecule has 0 aromatic heterocycles. The fourth-order valence-electron chi connectivity index (χ4n) is 2.64. The summed E-state index contributed by atoms with van der Waals surface area (Å²) in [6, 6.07) is 6.89. The Kier molecular flexibility index (Phi) is 5.65. The molecule has 0 aliphatic carbocycles. The van der Waals surface area contributed by atoms with Crippen LogP contribution in [0.5, 0.6) is 0 Å². The molecule has 6 nitrogen and oxygen atoms in total. The van der Waals surface area contributed by atoms with Gasteiger partial charge in [0.15, 0.2) is 0 Å². The molecule has 120 valence electrons. The lowest BCUT2D eigenvalue weighted by Gasteiger charge is -2.21. The molecule has 1 aromatic carbocycles. The van der Waals surface area contributed by atoms with Gasteiger partial charge in [-0.1, -0.05) is 12.1 Å². The second kappa shape index (κ2) is 7.49. The first-order chi connectivity index (χ1) is 10.5. The molecule has 0 saturated carbocycles. The standard InChI is InChI=1S/C16H22N2O4/c1-17(10-12(19)11-22-2)8-5-9-18-15(20)13-6-3-4-7-14(13)16(18)21/h3-4,6-7,12,19H,5,8-11H2,1-2H3. The number of methoxy groups -OCH3 is 1. The summed E-state index contributed by atoms with van der Waals surface area (Å²) in [6.07, 6.45) is 0.135. The molecular weight excluding hydrogens is 284 g/mol. The molecule has 0 fully saturated rings. The van der Waals surface area contributed by atoms with Crippen LogP contribution in [0.3, 0.4) is 0 Å². The highest BCUT2D eigenvalue weighted by molar-refractivity contribution is 6.21. The van der Waals surface area contributed by atoms with Crippen LogP contribution in [0.2, 0.25) is 0 Å². The van der Waals surface area contributed by atoms with E-state index in [-0.39, 0.29) is 11.8 Å². The Hall–Kier alpha value is -1.76. The number of benzene rings is 1. The predicted octanol–water partition coefficient (Wildman–Crippen LogP) is 0.612. The van der Waals surface area contributed by atoms with E-state index in [1.165, 1.54) is 4.90 Å². The van der Waals surface area contributed by atoms with Gasteiger partial charge < -0.3 is 14.7 Å². The Morgan fingerprint density at radius 1 is 1.23 bits per heavy atom. The lowest BCUT2D eigenvalue weighted by Crippen LogP contribution is -2.35. The van der Waals surface area contributed by atoms with E-state index in [2.05, 4.69) is 0 Å². The predicted molar refractivity (Wildman–Crippen MR) is 81.8 cm³/mol. The molecule has 0 spiro atoms. The van der Waals surface area contributed by atoms with Crippen LogP contribution in [-0.4, -0.2) is 73.2 Å². The monoisotopic (exact) mass is 306 g/mol. The Bertz CT molecular complexity index is 512. The molecule has 0 radical (unpaired) electrons. The number of carbonyl (C=O) groups is 2. The van der Waals surface area contributed by atoms with Crippen LogP contribution in [0.25, 0.3) is 0 Å². The number of aliphatic hydroxyl groups excluding tert-OH is 1. The number of likely N-dealkylation sites (N-methyl/N-ethyl adjacent to an activating group) is 1. The summed E-state index contributed by atoms with van der Waals surface area (Å²) in [5, 5.41) is 9.65. The fourth-order valence-corrected chi connectivity index (χ4v) is 2.64. The van der Waals surface area contributed by atoms with E-state index in [1.807, 2.05) is 11.9 Å². The van der Waals surface area contributed by atoms with Crippen molar-refractivity contribution in [2.75, 3.05) is 40.4 Å². The normalized spacial score (nSPS) is 15.5. The van der Waals surface area contributed by atoms with E-state index in [4.69, 9.17) is 4.74 Å². The van der Waals surface area contributed by atoms with Gasteiger partial charge >= 0.3 is 0 Å². The minimum Gasteiger partial charge on any atom is -0.389 e. The minimum atomic E-state index is -0.533. The first kappa shape index (κ1) is 16.6.